The minimum Gasteiger partial charge on any atom is -0.369 e. The van der Waals surface area contributed by atoms with Crippen molar-refractivity contribution in [3.63, 3.8) is 0 Å². The van der Waals surface area contributed by atoms with Gasteiger partial charge in [0.25, 0.3) is 5.56 Å². The summed E-state index contributed by atoms with van der Waals surface area (Å²) in [5, 5.41) is 9.56. The van der Waals surface area contributed by atoms with Crippen molar-refractivity contribution in [3.05, 3.63) is 58.5 Å². The van der Waals surface area contributed by atoms with Crippen LogP contribution < -0.4 is 15.8 Å². The number of rotatable bonds is 5. The smallest absolute Gasteiger partial charge is 0.266 e. The van der Waals surface area contributed by atoms with E-state index in [-0.39, 0.29) is 23.4 Å². The van der Waals surface area contributed by atoms with E-state index in [9.17, 15) is 9.59 Å². The van der Waals surface area contributed by atoms with Crippen LogP contribution in [0.5, 0.6) is 0 Å². The topological polar surface area (TPSA) is 81.3 Å². The maximum Gasteiger partial charge on any atom is 0.266 e. The van der Waals surface area contributed by atoms with Crippen LogP contribution in [0, 0.1) is 5.92 Å². The van der Waals surface area contributed by atoms with Crippen molar-refractivity contribution in [2.45, 2.75) is 38.3 Å². The number of amides is 1. The predicted molar refractivity (Wildman–Crippen MR) is 113 cm³/mol. The zero-order valence-electron chi connectivity index (χ0n) is 16.7. The zero-order chi connectivity index (χ0) is 20.1. The monoisotopic (exact) mass is 395 g/mol. The number of carbonyl (C=O) groups is 1. The summed E-state index contributed by atoms with van der Waals surface area (Å²) >= 11 is 0. The Labute approximate surface area is 171 Å². The number of carbonyl (C=O) groups excluding carboxylic acids is 1. The molecule has 29 heavy (non-hydrogen) atoms. The third kappa shape index (κ3) is 5.23. The summed E-state index contributed by atoms with van der Waals surface area (Å²) in [6.07, 6.45) is 5.48. The molecule has 0 spiro atoms. The van der Waals surface area contributed by atoms with Crippen LogP contribution >= 0.6 is 0 Å². The molecule has 0 saturated carbocycles. The largest absolute Gasteiger partial charge is 0.369 e. The summed E-state index contributed by atoms with van der Waals surface area (Å²) in [6, 6.07) is 12.3. The molecule has 1 aromatic heterocycles. The molecule has 7 heteroatoms. The van der Waals surface area contributed by atoms with Crippen molar-refractivity contribution < 1.29 is 4.79 Å². The molecule has 1 amide bonds. The van der Waals surface area contributed by atoms with Crippen molar-refractivity contribution in [3.8, 4) is 0 Å². The van der Waals surface area contributed by atoms with Crippen LogP contribution in [0.4, 0.5) is 5.69 Å². The second-order valence-electron chi connectivity index (χ2n) is 8.13. The van der Waals surface area contributed by atoms with Gasteiger partial charge in [0.1, 0.15) is 0 Å². The van der Waals surface area contributed by atoms with Crippen LogP contribution in [0.1, 0.15) is 31.2 Å². The number of hydrogen-bond donors (Lipinski definition) is 2. The Bertz CT molecular complexity index is 861. The third-order valence-electron chi connectivity index (χ3n) is 5.99. The van der Waals surface area contributed by atoms with Gasteiger partial charge in [-0.1, -0.05) is 30.3 Å². The number of piperidine rings is 2. The SMILES string of the molecule is O=C(NC1CCN(Cc2ccccc2)CC1)C1CCCN(c2cn[nH]c(=O)c2)C1. The Morgan fingerprint density at radius 3 is 2.69 bits per heavy atom. The Balaban J connectivity index is 1.26. The number of benzene rings is 1. The van der Waals surface area contributed by atoms with Gasteiger partial charge in [0, 0.05) is 44.8 Å². The van der Waals surface area contributed by atoms with Crippen molar-refractivity contribution >= 4 is 11.6 Å². The molecule has 2 N–H and O–H groups in total. The van der Waals surface area contributed by atoms with Gasteiger partial charge in [0.15, 0.2) is 0 Å². The van der Waals surface area contributed by atoms with Gasteiger partial charge in [-0.25, -0.2) is 5.10 Å². The zero-order valence-corrected chi connectivity index (χ0v) is 16.7. The standard InChI is InChI=1S/C22H29N5O2/c28-21-13-20(14-23-25-21)27-10-4-7-18(16-27)22(29)24-19-8-11-26(12-9-19)15-17-5-2-1-3-6-17/h1-3,5-6,13-14,18-19H,4,7-12,15-16H2,(H,24,29)(H,25,28). The fraction of sp³-hybridized carbons (Fsp3) is 0.500. The molecular weight excluding hydrogens is 366 g/mol. The van der Waals surface area contributed by atoms with Crippen LogP contribution in [-0.4, -0.2) is 53.2 Å². The van der Waals surface area contributed by atoms with Gasteiger partial charge in [-0.2, -0.15) is 5.10 Å². The number of likely N-dealkylation sites (tertiary alicyclic amines) is 1. The second-order valence-corrected chi connectivity index (χ2v) is 8.13. The van der Waals surface area contributed by atoms with E-state index < -0.39 is 0 Å². The average molecular weight is 396 g/mol. The van der Waals surface area contributed by atoms with Gasteiger partial charge in [0.05, 0.1) is 17.8 Å². The number of H-pyrrole nitrogens is 1. The molecule has 4 rings (SSSR count). The lowest BCUT2D eigenvalue weighted by Crippen LogP contribution is -2.49. The highest BCUT2D eigenvalue weighted by molar-refractivity contribution is 5.80. The molecule has 0 radical (unpaired) electrons. The minimum atomic E-state index is -0.212. The van der Waals surface area contributed by atoms with Crippen LogP contribution in [-0.2, 0) is 11.3 Å². The summed E-state index contributed by atoms with van der Waals surface area (Å²) in [4.78, 5) is 28.9. The number of anilines is 1. The number of hydrogen-bond acceptors (Lipinski definition) is 5. The number of nitrogens with one attached hydrogen (secondary N) is 2. The van der Waals surface area contributed by atoms with Gasteiger partial charge in [0.2, 0.25) is 5.91 Å². The lowest BCUT2D eigenvalue weighted by atomic mass is 9.95. The van der Waals surface area contributed by atoms with Crippen LogP contribution in [0.25, 0.3) is 0 Å². The van der Waals surface area contributed by atoms with E-state index in [2.05, 4.69) is 49.6 Å². The number of nitrogens with zero attached hydrogens (tertiary/aromatic N) is 3. The van der Waals surface area contributed by atoms with Crippen LogP contribution in [0.15, 0.2) is 47.4 Å². The number of aromatic nitrogens is 2. The van der Waals surface area contributed by atoms with Crippen molar-refractivity contribution in [2.24, 2.45) is 5.92 Å². The lowest BCUT2D eigenvalue weighted by Gasteiger charge is -2.36. The molecule has 2 aliphatic rings. The van der Waals surface area contributed by atoms with Gasteiger partial charge >= 0.3 is 0 Å². The highest BCUT2D eigenvalue weighted by Gasteiger charge is 2.29. The van der Waals surface area contributed by atoms with E-state index in [1.807, 2.05) is 6.07 Å². The fourth-order valence-corrected chi connectivity index (χ4v) is 4.36. The molecule has 1 aromatic carbocycles. The number of aromatic amines is 1. The Hall–Kier alpha value is -2.67. The Kier molecular flexibility index (Phi) is 6.24. The van der Waals surface area contributed by atoms with Gasteiger partial charge in [-0.3, -0.25) is 14.5 Å². The molecule has 1 atom stereocenters. The van der Waals surface area contributed by atoms with Gasteiger partial charge in [-0.15, -0.1) is 0 Å². The summed E-state index contributed by atoms with van der Waals surface area (Å²) in [5.41, 5.74) is 1.92. The first-order valence-electron chi connectivity index (χ1n) is 10.5. The molecule has 1 unspecified atom stereocenters. The molecule has 0 bridgehead atoms. The molecule has 3 heterocycles. The highest BCUT2D eigenvalue weighted by Crippen LogP contribution is 2.22. The molecule has 7 nitrogen and oxygen atoms in total. The van der Waals surface area contributed by atoms with Gasteiger partial charge < -0.3 is 10.2 Å². The maximum absolute atomic E-state index is 12.8. The van der Waals surface area contributed by atoms with Crippen LogP contribution in [0.3, 0.4) is 0 Å². The summed E-state index contributed by atoms with van der Waals surface area (Å²) < 4.78 is 0. The third-order valence-corrected chi connectivity index (χ3v) is 5.99. The molecule has 154 valence electrons. The van der Waals surface area contributed by atoms with E-state index in [4.69, 9.17) is 0 Å². The maximum atomic E-state index is 12.8. The summed E-state index contributed by atoms with van der Waals surface area (Å²) in [6.45, 7) is 4.49. The average Bonchev–Trinajstić information content (AvgIpc) is 2.76. The highest BCUT2D eigenvalue weighted by atomic mass is 16.2. The lowest BCUT2D eigenvalue weighted by molar-refractivity contribution is -0.126. The van der Waals surface area contributed by atoms with E-state index in [1.54, 1.807) is 12.3 Å². The molecule has 2 aromatic rings. The molecular formula is C22H29N5O2. The van der Waals surface area contributed by atoms with Crippen LogP contribution in [0.2, 0.25) is 0 Å². The summed E-state index contributed by atoms with van der Waals surface area (Å²) in [7, 11) is 0. The first-order chi connectivity index (χ1) is 14.2. The molecule has 2 saturated heterocycles. The van der Waals surface area contributed by atoms with E-state index in [0.717, 1.165) is 57.5 Å². The Morgan fingerprint density at radius 1 is 1.14 bits per heavy atom. The normalized spacial score (nSPS) is 21.1. The van der Waals surface area contributed by atoms with E-state index >= 15 is 0 Å². The van der Waals surface area contributed by atoms with E-state index in [1.165, 1.54) is 5.56 Å². The van der Waals surface area contributed by atoms with Crippen molar-refractivity contribution in [1.29, 1.82) is 0 Å². The quantitative estimate of drug-likeness (QED) is 0.806. The van der Waals surface area contributed by atoms with Gasteiger partial charge in [-0.05, 0) is 31.2 Å². The molecule has 2 fully saturated rings. The predicted octanol–water partition coefficient (Wildman–Crippen LogP) is 1.77. The Morgan fingerprint density at radius 2 is 1.93 bits per heavy atom. The fourth-order valence-electron chi connectivity index (χ4n) is 4.36. The second kappa shape index (κ2) is 9.22. The summed E-state index contributed by atoms with van der Waals surface area (Å²) in [5.74, 6) is 0.111. The minimum absolute atomic E-state index is 0.0367. The van der Waals surface area contributed by atoms with Crippen molar-refractivity contribution in [1.82, 2.24) is 20.4 Å². The van der Waals surface area contributed by atoms with E-state index in [0.29, 0.717) is 6.54 Å². The van der Waals surface area contributed by atoms with Crippen molar-refractivity contribution in [2.75, 3.05) is 31.1 Å². The first kappa shape index (κ1) is 19.6. The molecule has 0 aliphatic carbocycles. The first-order valence-corrected chi connectivity index (χ1v) is 10.5. The molecule has 2 aliphatic heterocycles.